The van der Waals surface area contributed by atoms with E-state index in [1.54, 1.807) is 55.6 Å². The van der Waals surface area contributed by atoms with Crippen LogP contribution in [0.15, 0.2) is 82.6 Å². The number of carbonyl (C=O) groups excluding carboxylic acids is 2. The third kappa shape index (κ3) is 8.92. The molecule has 0 unspecified atom stereocenters. The number of nitrogens with one attached hydrogen (secondary N) is 1. The van der Waals surface area contributed by atoms with E-state index in [2.05, 4.69) is 5.32 Å². The fourth-order valence-electron chi connectivity index (χ4n) is 4.68. The van der Waals surface area contributed by atoms with E-state index in [-0.39, 0.29) is 23.0 Å². The summed E-state index contributed by atoms with van der Waals surface area (Å²) < 4.78 is 40.6. The normalized spacial score (nSPS) is 11.8. The molecule has 11 heteroatoms. The highest BCUT2D eigenvalue weighted by molar-refractivity contribution is 7.98. The third-order valence-electron chi connectivity index (χ3n) is 7.09. The van der Waals surface area contributed by atoms with Gasteiger partial charge in [-0.15, -0.1) is 11.8 Å². The number of hydrogen-bond acceptors (Lipinski definition) is 7. The monoisotopic (exact) mass is 641 g/mol. The van der Waals surface area contributed by atoms with Crippen molar-refractivity contribution in [1.29, 1.82) is 0 Å². The number of nitrogens with zero attached hydrogens (tertiary/aromatic N) is 2. The summed E-state index contributed by atoms with van der Waals surface area (Å²) in [5.74, 6) is 0.194. The van der Waals surface area contributed by atoms with Gasteiger partial charge < -0.3 is 19.7 Å². The van der Waals surface area contributed by atoms with Gasteiger partial charge in [-0.25, -0.2) is 8.42 Å². The van der Waals surface area contributed by atoms with E-state index in [1.165, 1.54) is 28.8 Å². The van der Waals surface area contributed by atoms with Gasteiger partial charge in [0.25, 0.3) is 10.0 Å². The maximum Gasteiger partial charge on any atom is 0.264 e. The van der Waals surface area contributed by atoms with Crippen molar-refractivity contribution in [1.82, 2.24) is 10.2 Å². The second kappa shape index (κ2) is 17.0. The van der Waals surface area contributed by atoms with Crippen molar-refractivity contribution in [2.45, 2.75) is 62.4 Å². The molecule has 0 aliphatic heterocycles. The molecule has 44 heavy (non-hydrogen) atoms. The Kier molecular flexibility index (Phi) is 13.4. The van der Waals surface area contributed by atoms with Crippen LogP contribution in [-0.4, -0.2) is 64.2 Å². The van der Waals surface area contributed by atoms with Gasteiger partial charge in [0.05, 0.1) is 24.3 Å². The fourth-order valence-corrected chi connectivity index (χ4v) is 6.52. The minimum atomic E-state index is -4.22. The molecule has 0 radical (unpaired) electrons. The van der Waals surface area contributed by atoms with Crippen LogP contribution in [0.5, 0.6) is 11.5 Å². The van der Waals surface area contributed by atoms with Gasteiger partial charge in [-0.1, -0.05) is 44.5 Å². The molecule has 0 saturated carbocycles. The van der Waals surface area contributed by atoms with Crippen molar-refractivity contribution >= 4 is 39.3 Å². The van der Waals surface area contributed by atoms with Crippen molar-refractivity contribution in [3.63, 3.8) is 0 Å². The van der Waals surface area contributed by atoms with Crippen LogP contribution in [0.1, 0.15) is 45.6 Å². The Morgan fingerprint density at radius 2 is 1.64 bits per heavy atom. The summed E-state index contributed by atoms with van der Waals surface area (Å²) in [4.78, 5) is 30.1. The largest absolute Gasteiger partial charge is 0.497 e. The first-order valence-corrected chi connectivity index (χ1v) is 17.4. The van der Waals surface area contributed by atoms with E-state index in [1.807, 2.05) is 39.2 Å². The number of rotatable bonds is 17. The predicted molar refractivity (Wildman–Crippen MR) is 176 cm³/mol. The van der Waals surface area contributed by atoms with E-state index < -0.39 is 28.5 Å². The van der Waals surface area contributed by atoms with Gasteiger partial charge in [0, 0.05) is 18.0 Å². The highest BCUT2D eigenvalue weighted by Gasteiger charge is 2.34. The summed E-state index contributed by atoms with van der Waals surface area (Å²) in [7, 11) is -2.65. The molecule has 0 aliphatic carbocycles. The number of anilines is 1. The number of unbranched alkanes of at least 4 members (excludes halogenated alkanes) is 1. The zero-order valence-corrected chi connectivity index (χ0v) is 27.7. The van der Waals surface area contributed by atoms with E-state index in [0.717, 1.165) is 27.6 Å². The minimum Gasteiger partial charge on any atom is -0.497 e. The Labute approximate surface area is 266 Å². The molecule has 0 saturated heterocycles. The van der Waals surface area contributed by atoms with Gasteiger partial charge in [-0.3, -0.25) is 13.9 Å². The first kappa shape index (κ1) is 34.8. The van der Waals surface area contributed by atoms with E-state index in [0.29, 0.717) is 31.1 Å². The van der Waals surface area contributed by atoms with Crippen molar-refractivity contribution in [3.8, 4) is 11.5 Å². The van der Waals surface area contributed by atoms with Gasteiger partial charge in [-0.2, -0.15) is 0 Å². The standard InChI is InChI=1S/C33H43N3O6S2/c1-6-9-22-34-33(38)29(7-2)35(23-25-14-16-26(41-4)17-15-25)32(37)24-36(30-12-10-11-13-31(30)42-8-3)44(39,40)28-20-18-27(43-5)19-21-28/h10-21,29H,6-9,22-24H2,1-5H3,(H,34,38)/t29-/m0/s1. The van der Waals surface area contributed by atoms with Gasteiger partial charge in [0.1, 0.15) is 24.1 Å². The molecule has 3 aromatic carbocycles. The lowest BCUT2D eigenvalue weighted by Crippen LogP contribution is -2.52. The lowest BCUT2D eigenvalue weighted by Gasteiger charge is -2.33. The number of carbonyl (C=O) groups is 2. The number of para-hydroxylation sites is 2. The van der Waals surface area contributed by atoms with E-state index in [4.69, 9.17) is 9.47 Å². The lowest BCUT2D eigenvalue weighted by molar-refractivity contribution is -0.140. The van der Waals surface area contributed by atoms with Crippen LogP contribution in [0.25, 0.3) is 0 Å². The van der Waals surface area contributed by atoms with E-state index >= 15 is 0 Å². The van der Waals surface area contributed by atoms with Crippen LogP contribution in [0.2, 0.25) is 0 Å². The zero-order valence-electron chi connectivity index (χ0n) is 26.1. The molecular formula is C33H43N3O6S2. The summed E-state index contributed by atoms with van der Waals surface area (Å²) in [6, 6.07) is 19.7. The quantitative estimate of drug-likeness (QED) is 0.148. The molecule has 238 valence electrons. The maximum absolute atomic E-state index is 14.3. The summed E-state index contributed by atoms with van der Waals surface area (Å²) >= 11 is 1.50. The number of benzene rings is 3. The Bertz CT molecular complexity index is 1460. The smallest absolute Gasteiger partial charge is 0.264 e. The number of hydrogen-bond donors (Lipinski definition) is 1. The highest BCUT2D eigenvalue weighted by Crippen LogP contribution is 2.33. The molecule has 0 spiro atoms. The number of ether oxygens (including phenoxy) is 2. The average Bonchev–Trinajstić information content (AvgIpc) is 3.04. The van der Waals surface area contributed by atoms with Crippen LogP contribution in [-0.2, 0) is 26.2 Å². The van der Waals surface area contributed by atoms with Crippen LogP contribution in [0.4, 0.5) is 5.69 Å². The maximum atomic E-state index is 14.3. The van der Waals surface area contributed by atoms with Crippen LogP contribution >= 0.6 is 11.8 Å². The minimum absolute atomic E-state index is 0.0421. The summed E-state index contributed by atoms with van der Waals surface area (Å²) in [6.07, 6.45) is 3.98. The first-order chi connectivity index (χ1) is 21.2. The SMILES string of the molecule is CCCCNC(=O)[C@H](CC)N(Cc1ccc(OC)cc1)C(=O)CN(c1ccccc1OCC)S(=O)(=O)c1ccc(SC)cc1. The molecule has 0 aliphatic rings. The Hall–Kier alpha value is -3.70. The molecule has 9 nitrogen and oxygen atoms in total. The summed E-state index contributed by atoms with van der Waals surface area (Å²) in [5.41, 5.74) is 1.01. The van der Waals surface area contributed by atoms with Crippen molar-refractivity contribution < 1.29 is 27.5 Å². The number of sulfonamides is 1. The Morgan fingerprint density at radius 3 is 2.23 bits per heavy atom. The first-order valence-electron chi connectivity index (χ1n) is 14.8. The number of thioether (sulfide) groups is 1. The average molecular weight is 642 g/mol. The molecule has 1 atom stereocenters. The molecule has 0 bridgehead atoms. The summed E-state index contributed by atoms with van der Waals surface area (Å²) in [6.45, 7) is 6.04. The molecule has 1 N–H and O–H groups in total. The van der Waals surface area contributed by atoms with Crippen LogP contribution in [0, 0.1) is 0 Å². The molecule has 3 aromatic rings. The molecule has 3 rings (SSSR count). The Balaban J connectivity index is 2.08. The predicted octanol–water partition coefficient (Wildman–Crippen LogP) is 5.73. The number of methoxy groups -OCH3 is 1. The molecule has 0 aromatic heterocycles. The van der Waals surface area contributed by atoms with Gasteiger partial charge >= 0.3 is 0 Å². The van der Waals surface area contributed by atoms with Crippen molar-refractivity contribution in [2.75, 3.05) is 37.4 Å². The van der Waals surface area contributed by atoms with Gasteiger partial charge in [-0.05, 0) is 80.1 Å². The highest BCUT2D eigenvalue weighted by atomic mass is 32.2. The second-order valence-corrected chi connectivity index (χ2v) is 12.8. The van der Waals surface area contributed by atoms with Crippen molar-refractivity contribution in [3.05, 3.63) is 78.4 Å². The fraction of sp³-hybridized carbons (Fsp3) is 0.394. The Morgan fingerprint density at radius 1 is 0.955 bits per heavy atom. The van der Waals surface area contributed by atoms with Crippen molar-refractivity contribution in [2.24, 2.45) is 0 Å². The lowest BCUT2D eigenvalue weighted by atomic mass is 10.1. The topological polar surface area (TPSA) is 105 Å². The molecular weight excluding hydrogens is 599 g/mol. The summed E-state index contributed by atoms with van der Waals surface area (Å²) in [5, 5.41) is 2.95. The molecule has 0 fully saturated rings. The van der Waals surface area contributed by atoms with Gasteiger partial charge in [0.2, 0.25) is 11.8 Å². The van der Waals surface area contributed by atoms with E-state index in [9.17, 15) is 18.0 Å². The van der Waals surface area contributed by atoms with Gasteiger partial charge in [0.15, 0.2) is 0 Å². The van der Waals surface area contributed by atoms with Crippen LogP contribution < -0.4 is 19.1 Å². The second-order valence-electron chi connectivity index (χ2n) is 10.0. The van der Waals surface area contributed by atoms with Crippen LogP contribution in [0.3, 0.4) is 0 Å². The molecule has 2 amide bonds. The number of amides is 2. The third-order valence-corrected chi connectivity index (χ3v) is 9.61. The zero-order chi connectivity index (χ0) is 32.1. The molecule has 0 heterocycles.